The summed E-state index contributed by atoms with van der Waals surface area (Å²) >= 11 is 13.3. The number of fused-ring (bicyclic) bond motifs is 2. The van der Waals surface area contributed by atoms with Crippen molar-refractivity contribution in [3.8, 4) is 17.3 Å². The summed E-state index contributed by atoms with van der Waals surface area (Å²) in [6.07, 6.45) is -1.21. The number of hydrogen-bond acceptors (Lipinski definition) is 5. The first kappa shape index (κ1) is 23.6. The zero-order chi connectivity index (χ0) is 24.9. The zero-order valence-corrected chi connectivity index (χ0v) is 20.0. The highest BCUT2D eigenvalue weighted by Gasteiger charge is 2.36. The first-order chi connectivity index (χ1) is 16.7. The van der Waals surface area contributed by atoms with Crippen molar-refractivity contribution >= 4 is 51.1 Å². The molecule has 12 heteroatoms. The van der Waals surface area contributed by atoms with E-state index in [-0.39, 0.29) is 27.1 Å². The molecule has 1 aromatic carbocycles. The predicted molar refractivity (Wildman–Crippen MR) is 127 cm³/mol. The molecule has 0 spiro atoms. The molecular formula is C23H14Cl2F3N5OS. The molecular weight excluding hydrogens is 522 g/mol. The summed E-state index contributed by atoms with van der Waals surface area (Å²) in [6, 6.07) is 8.52. The smallest absolute Gasteiger partial charge is 0.311 e. The number of halogens is 5. The topological polar surface area (TPSA) is 83.1 Å². The number of thiophene rings is 1. The maximum Gasteiger partial charge on any atom is 0.433 e. The number of hydrogen-bond donors (Lipinski definition) is 1. The summed E-state index contributed by atoms with van der Waals surface area (Å²) in [7, 11) is 0. The van der Waals surface area contributed by atoms with E-state index in [0.717, 1.165) is 42.2 Å². The van der Waals surface area contributed by atoms with Crippen molar-refractivity contribution < 1.29 is 18.0 Å². The number of benzene rings is 1. The van der Waals surface area contributed by atoms with Crippen molar-refractivity contribution in [3.63, 3.8) is 0 Å². The van der Waals surface area contributed by atoms with Crippen LogP contribution in [0.5, 0.6) is 0 Å². The van der Waals surface area contributed by atoms with Crippen LogP contribution in [0.4, 0.5) is 18.2 Å². The molecule has 1 aliphatic rings. The number of aromatic nitrogens is 3. The first-order valence-corrected chi connectivity index (χ1v) is 12.0. The van der Waals surface area contributed by atoms with Crippen LogP contribution in [0.25, 0.3) is 16.9 Å². The summed E-state index contributed by atoms with van der Waals surface area (Å²) in [5, 5.41) is 16.9. The van der Waals surface area contributed by atoms with Gasteiger partial charge in [0.05, 0.1) is 21.3 Å². The molecule has 0 saturated carbocycles. The van der Waals surface area contributed by atoms with Gasteiger partial charge in [-0.15, -0.1) is 11.3 Å². The van der Waals surface area contributed by atoms with Gasteiger partial charge < -0.3 is 5.32 Å². The van der Waals surface area contributed by atoms with E-state index in [1.807, 2.05) is 0 Å². The number of amides is 1. The van der Waals surface area contributed by atoms with Crippen molar-refractivity contribution in [1.29, 1.82) is 5.26 Å². The number of aryl methyl sites for hydroxylation is 1. The van der Waals surface area contributed by atoms with E-state index in [1.165, 1.54) is 35.6 Å². The number of carbonyl (C=O) groups is 1. The molecule has 0 saturated heterocycles. The van der Waals surface area contributed by atoms with Crippen LogP contribution in [0.2, 0.25) is 10.0 Å². The summed E-state index contributed by atoms with van der Waals surface area (Å²) in [5.74, 6) is -0.727. The predicted octanol–water partition coefficient (Wildman–Crippen LogP) is 6.79. The Labute approximate surface area is 210 Å². The summed E-state index contributed by atoms with van der Waals surface area (Å²) < 4.78 is 42.2. The molecule has 0 bridgehead atoms. The molecule has 4 aromatic rings. The van der Waals surface area contributed by atoms with Gasteiger partial charge in [0.25, 0.3) is 5.91 Å². The SMILES string of the molecule is N#Cc1c(NC(=O)c2cc3nc(-c4ccc(Cl)c(Cl)c4)cc(C(F)(F)F)n3n2)sc2c1CCCC2. The van der Waals surface area contributed by atoms with Crippen molar-refractivity contribution in [2.45, 2.75) is 31.9 Å². The van der Waals surface area contributed by atoms with E-state index < -0.39 is 17.8 Å². The van der Waals surface area contributed by atoms with E-state index in [9.17, 15) is 23.2 Å². The number of nitrogens with one attached hydrogen (secondary N) is 1. The third-order valence-electron chi connectivity index (χ3n) is 5.68. The van der Waals surface area contributed by atoms with E-state index in [0.29, 0.717) is 20.6 Å². The Hall–Kier alpha value is -3.13. The van der Waals surface area contributed by atoms with Crippen LogP contribution >= 0.6 is 34.5 Å². The Morgan fingerprint density at radius 1 is 1.14 bits per heavy atom. The second-order valence-corrected chi connectivity index (χ2v) is 9.85. The molecule has 178 valence electrons. The maximum absolute atomic E-state index is 13.9. The molecule has 0 aliphatic heterocycles. The minimum absolute atomic E-state index is 0.00653. The summed E-state index contributed by atoms with van der Waals surface area (Å²) in [6.45, 7) is 0. The lowest BCUT2D eigenvalue weighted by molar-refractivity contribution is -0.142. The molecule has 5 rings (SSSR count). The summed E-state index contributed by atoms with van der Waals surface area (Å²) in [4.78, 5) is 18.2. The van der Waals surface area contributed by atoms with E-state index in [1.54, 1.807) is 0 Å². The number of anilines is 1. The molecule has 1 aliphatic carbocycles. The van der Waals surface area contributed by atoms with Gasteiger partial charge >= 0.3 is 6.18 Å². The van der Waals surface area contributed by atoms with E-state index >= 15 is 0 Å². The largest absolute Gasteiger partial charge is 0.433 e. The fourth-order valence-corrected chi connectivity index (χ4v) is 5.56. The van der Waals surface area contributed by atoms with Gasteiger partial charge in [0, 0.05) is 16.5 Å². The number of nitrogens with zero attached hydrogens (tertiary/aromatic N) is 4. The van der Waals surface area contributed by atoms with Crippen LogP contribution < -0.4 is 5.32 Å². The van der Waals surface area contributed by atoms with Gasteiger partial charge in [-0.05, 0) is 49.4 Å². The average Bonchev–Trinajstić information content (AvgIpc) is 3.40. The molecule has 0 fully saturated rings. The Kier molecular flexibility index (Phi) is 5.95. The molecule has 0 unspecified atom stereocenters. The lowest BCUT2D eigenvalue weighted by Gasteiger charge is -2.11. The quantitative estimate of drug-likeness (QED) is 0.313. The van der Waals surface area contributed by atoms with Crippen molar-refractivity contribution in [2.75, 3.05) is 5.32 Å². The number of alkyl halides is 3. The monoisotopic (exact) mass is 535 g/mol. The Bertz CT molecular complexity index is 1540. The highest BCUT2D eigenvalue weighted by molar-refractivity contribution is 7.16. The fourth-order valence-electron chi connectivity index (χ4n) is 4.03. The molecule has 1 N–H and O–H groups in total. The Morgan fingerprint density at radius 2 is 1.91 bits per heavy atom. The lowest BCUT2D eigenvalue weighted by Crippen LogP contribution is -2.15. The maximum atomic E-state index is 13.9. The van der Waals surface area contributed by atoms with Gasteiger partial charge in [-0.25, -0.2) is 9.50 Å². The van der Waals surface area contributed by atoms with E-state index in [4.69, 9.17) is 23.2 Å². The first-order valence-electron chi connectivity index (χ1n) is 10.4. The van der Waals surface area contributed by atoms with Crippen LogP contribution in [0, 0.1) is 11.3 Å². The standard InChI is InChI=1S/C23H14Cl2F3N5OS/c24-14-6-5-11(7-15(14)25)16-8-19(23(26,27)28)33-20(30-16)9-17(32-33)21(34)31-22-13(10-29)12-3-1-2-4-18(12)35-22/h5-9H,1-4H2,(H,31,34). The minimum atomic E-state index is -4.77. The molecule has 1 amide bonds. The van der Waals surface area contributed by atoms with Gasteiger partial charge in [0.15, 0.2) is 17.0 Å². The zero-order valence-electron chi connectivity index (χ0n) is 17.7. The highest BCUT2D eigenvalue weighted by atomic mass is 35.5. The van der Waals surface area contributed by atoms with Gasteiger partial charge in [-0.2, -0.15) is 23.5 Å². The van der Waals surface area contributed by atoms with Gasteiger partial charge in [0.1, 0.15) is 11.1 Å². The van der Waals surface area contributed by atoms with Crippen molar-refractivity contribution in [3.05, 3.63) is 67.8 Å². The minimum Gasteiger partial charge on any atom is -0.311 e. The van der Waals surface area contributed by atoms with E-state index in [2.05, 4.69) is 21.5 Å². The van der Waals surface area contributed by atoms with Gasteiger partial charge in [-0.1, -0.05) is 29.3 Å². The van der Waals surface area contributed by atoms with Crippen molar-refractivity contribution in [2.24, 2.45) is 0 Å². The van der Waals surface area contributed by atoms with Crippen LogP contribution in [0.1, 0.15) is 45.0 Å². The van der Waals surface area contributed by atoms with Gasteiger partial charge in [-0.3, -0.25) is 4.79 Å². The number of rotatable bonds is 3. The third kappa shape index (κ3) is 4.35. The third-order valence-corrected chi connectivity index (χ3v) is 7.62. The molecule has 0 atom stereocenters. The van der Waals surface area contributed by atoms with Crippen LogP contribution in [-0.2, 0) is 19.0 Å². The molecule has 3 aromatic heterocycles. The average molecular weight is 536 g/mol. The number of nitriles is 1. The molecule has 3 heterocycles. The lowest BCUT2D eigenvalue weighted by atomic mass is 9.96. The fraction of sp³-hybridized carbons (Fsp3) is 0.217. The second-order valence-electron chi connectivity index (χ2n) is 7.93. The Balaban J connectivity index is 1.56. The van der Waals surface area contributed by atoms with Crippen LogP contribution in [0.15, 0.2) is 30.3 Å². The van der Waals surface area contributed by atoms with Crippen molar-refractivity contribution in [1.82, 2.24) is 14.6 Å². The van der Waals surface area contributed by atoms with Crippen LogP contribution in [-0.4, -0.2) is 20.5 Å². The summed E-state index contributed by atoms with van der Waals surface area (Å²) in [5.41, 5.74) is 0.114. The molecule has 6 nitrogen and oxygen atoms in total. The second kappa shape index (κ2) is 8.82. The highest BCUT2D eigenvalue weighted by Crippen LogP contribution is 2.38. The van der Waals surface area contributed by atoms with Crippen LogP contribution in [0.3, 0.4) is 0 Å². The molecule has 0 radical (unpaired) electrons. The normalized spacial score (nSPS) is 13.5. The number of carbonyl (C=O) groups excluding carboxylic acids is 1. The molecule has 35 heavy (non-hydrogen) atoms. The Morgan fingerprint density at radius 3 is 2.63 bits per heavy atom. The van der Waals surface area contributed by atoms with Gasteiger partial charge in [0.2, 0.25) is 0 Å².